The molecule has 0 bridgehead atoms. The van der Waals surface area contributed by atoms with Crippen LogP contribution in [0.4, 0.5) is 0 Å². The van der Waals surface area contributed by atoms with E-state index >= 15 is 0 Å². The van der Waals surface area contributed by atoms with E-state index in [9.17, 15) is 4.79 Å². The zero-order valence-electron chi connectivity index (χ0n) is 12.1. The zero-order chi connectivity index (χ0) is 13.9. The average Bonchev–Trinajstić information content (AvgIpc) is 2.99. The number of carbonyl (C=O) groups is 1. The summed E-state index contributed by atoms with van der Waals surface area (Å²) >= 11 is 1.78. The van der Waals surface area contributed by atoms with Gasteiger partial charge in [-0.1, -0.05) is 26.8 Å². The van der Waals surface area contributed by atoms with Crippen molar-refractivity contribution in [3.63, 3.8) is 0 Å². The second kappa shape index (κ2) is 6.06. The lowest BCUT2D eigenvalue weighted by atomic mass is 9.91. The highest BCUT2D eigenvalue weighted by molar-refractivity contribution is 7.10. The second-order valence-electron chi connectivity index (χ2n) is 5.92. The number of likely N-dealkylation sites (tertiary alicyclic amines) is 1. The van der Waals surface area contributed by atoms with Gasteiger partial charge in [0.1, 0.15) is 0 Å². The van der Waals surface area contributed by atoms with Gasteiger partial charge >= 0.3 is 0 Å². The molecule has 1 N–H and O–H groups in total. The summed E-state index contributed by atoms with van der Waals surface area (Å²) in [7, 11) is 0. The Balaban J connectivity index is 1.95. The first-order valence-corrected chi connectivity index (χ1v) is 7.98. The van der Waals surface area contributed by atoms with Crippen LogP contribution in [0, 0.1) is 0 Å². The smallest absolute Gasteiger partial charge is 0.239 e. The van der Waals surface area contributed by atoms with Crippen molar-refractivity contribution in [3.05, 3.63) is 22.4 Å². The normalized spacial score (nSPS) is 20.3. The fourth-order valence-electron chi connectivity index (χ4n) is 2.62. The minimum atomic E-state index is 0.0408. The molecule has 0 saturated carbocycles. The van der Waals surface area contributed by atoms with Crippen molar-refractivity contribution in [1.29, 1.82) is 0 Å². The summed E-state index contributed by atoms with van der Waals surface area (Å²) < 4.78 is 0. The highest BCUT2D eigenvalue weighted by Crippen LogP contribution is 2.29. The molecule has 1 aromatic heterocycles. The Hall–Kier alpha value is -0.870. The van der Waals surface area contributed by atoms with E-state index in [1.54, 1.807) is 11.3 Å². The number of hydrogen-bond acceptors (Lipinski definition) is 3. The molecule has 1 aliphatic rings. The van der Waals surface area contributed by atoms with Crippen molar-refractivity contribution in [2.24, 2.45) is 0 Å². The molecule has 1 amide bonds. The van der Waals surface area contributed by atoms with Crippen molar-refractivity contribution < 1.29 is 4.79 Å². The van der Waals surface area contributed by atoms with Gasteiger partial charge in [-0.3, -0.25) is 4.79 Å². The second-order valence-corrected chi connectivity index (χ2v) is 6.86. The predicted octanol–water partition coefficient (Wildman–Crippen LogP) is 2.63. The lowest BCUT2D eigenvalue weighted by Crippen LogP contribution is -2.42. The van der Waals surface area contributed by atoms with Crippen molar-refractivity contribution in [1.82, 2.24) is 10.2 Å². The highest BCUT2D eigenvalue weighted by Gasteiger charge is 2.35. The molecule has 1 aromatic rings. The maximum Gasteiger partial charge on any atom is 0.239 e. The van der Waals surface area contributed by atoms with E-state index in [1.807, 2.05) is 4.90 Å². The van der Waals surface area contributed by atoms with Gasteiger partial charge in [-0.15, -0.1) is 11.3 Å². The first-order chi connectivity index (χ1) is 9.04. The van der Waals surface area contributed by atoms with Crippen LogP contribution >= 0.6 is 11.3 Å². The monoisotopic (exact) mass is 280 g/mol. The Bertz CT molecular complexity index is 414. The lowest BCUT2D eigenvalue weighted by Gasteiger charge is -2.29. The summed E-state index contributed by atoms with van der Waals surface area (Å²) in [6, 6.07) is 4.29. The van der Waals surface area contributed by atoms with Gasteiger partial charge in [0, 0.05) is 23.4 Å². The van der Waals surface area contributed by atoms with Crippen LogP contribution in [-0.2, 0) is 10.2 Å². The Morgan fingerprint density at radius 1 is 1.53 bits per heavy atom. The fraction of sp³-hybridized carbons (Fsp3) is 0.667. The van der Waals surface area contributed by atoms with Crippen LogP contribution in [0.1, 0.15) is 38.5 Å². The van der Waals surface area contributed by atoms with Gasteiger partial charge in [-0.25, -0.2) is 0 Å². The molecule has 3 nitrogen and oxygen atoms in total. The van der Waals surface area contributed by atoms with Gasteiger partial charge in [0.05, 0.1) is 6.04 Å². The molecule has 106 valence electrons. The Morgan fingerprint density at radius 3 is 2.95 bits per heavy atom. The summed E-state index contributed by atoms with van der Waals surface area (Å²) in [5.41, 5.74) is 0.0451. The van der Waals surface area contributed by atoms with E-state index in [4.69, 9.17) is 0 Å². The van der Waals surface area contributed by atoms with Crippen LogP contribution in [0.15, 0.2) is 17.5 Å². The van der Waals surface area contributed by atoms with Crippen LogP contribution < -0.4 is 5.32 Å². The van der Waals surface area contributed by atoms with Crippen molar-refractivity contribution in [2.75, 3.05) is 19.6 Å². The molecule has 0 aromatic carbocycles. The quantitative estimate of drug-likeness (QED) is 0.869. The number of nitrogens with one attached hydrogen (secondary N) is 1. The molecule has 1 atom stereocenters. The van der Waals surface area contributed by atoms with Gasteiger partial charge in [-0.2, -0.15) is 0 Å². The van der Waals surface area contributed by atoms with Crippen LogP contribution in [0.3, 0.4) is 0 Å². The maximum atomic E-state index is 12.3. The molecular weight excluding hydrogens is 256 g/mol. The Labute approximate surface area is 120 Å². The molecule has 0 radical (unpaired) electrons. The number of nitrogens with zero attached hydrogens (tertiary/aromatic N) is 1. The Kier molecular flexibility index (Phi) is 4.63. The molecule has 2 heterocycles. The average molecular weight is 280 g/mol. The third kappa shape index (κ3) is 3.37. The molecular formula is C15H24N2OS. The minimum absolute atomic E-state index is 0.0408. The third-order valence-electron chi connectivity index (χ3n) is 3.71. The van der Waals surface area contributed by atoms with Crippen LogP contribution in [0.25, 0.3) is 0 Å². The van der Waals surface area contributed by atoms with E-state index < -0.39 is 0 Å². The molecule has 1 saturated heterocycles. The Morgan fingerprint density at radius 2 is 2.32 bits per heavy atom. The van der Waals surface area contributed by atoms with Gasteiger partial charge in [0.15, 0.2) is 0 Å². The summed E-state index contributed by atoms with van der Waals surface area (Å²) in [4.78, 5) is 15.7. The molecule has 1 unspecified atom stereocenters. The number of thiophene rings is 1. The molecule has 0 aliphatic carbocycles. The number of carbonyl (C=O) groups excluding carboxylic acids is 1. The van der Waals surface area contributed by atoms with E-state index in [1.165, 1.54) is 4.88 Å². The van der Waals surface area contributed by atoms with Crippen molar-refractivity contribution in [3.8, 4) is 0 Å². The van der Waals surface area contributed by atoms with E-state index in [2.05, 4.69) is 43.6 Å². The van der Waals surface area contributed by atoms with Gasteiger partial charge in [-0.05, 0) is 30.8 Å². The van der Waals surface area contributed by atoms with Gasteiger partial charge in [0.2, 0.25) is 5.91 Å². The molecule has 2 rings (SSSR count). The lowest BCUT2D eigenvalue weighted by molar-refractivity contribution is -0.130. The fourth-order valence-corrected chi connectivity index (χ4v) is 3.47. The van der Waals surface area contributed by atoms with E-state index in [-0.39, 0.29) is 17.4 Å². The van der Waals surface area contributed by atoms with Crippen LogP contribution in [0.2, 0.25) is 0 Å². The molecule has 1 fully saturated rings. The molecule has 4 heteroatoms. The minimum Gasteiger partial charge on any atom is -0.340 e. The highest BCUT2D eigenvalue weighted by atomic mass is 32.1. The third-order valence-corrected chi connectivity index (χ3v) is 4.95. The van der Waals surface area contributed by atoms with Gasteiger partial charge < -0.3 is 10.2 Å². The maximum absolute atomic E-state index is 12.3. The first kappa shape index (κ1) is 14.5. The molecule has 19 heavy (non-hydrogen) atoms. The topological polar surface area (TPSA) is 32.3 Å². The molecule has 0 spiro atoms. The van der Waals surface area contributed by atoms with Crippen molar-refractivity contribution in [2.45, 2.75) is 45.1 Å². The van der Waals surface area contributed by atoms with E-state index in [0.717, 1.165) is 32.5 Å². The van der Waals surface area contributed by atoms with Crippen LogP contribution in [-0.4, -0.2) is 36.5 Å². The number of hydrogen-bond donors (Lipinski definition) is 1. The summed E-state index contributed by atoms with van der Waals surface area (Å²) in [5, 5.41) is 5.45. The largest absolute Gasteiger partial charge is 0.340 e. The standard InChI is InChI=1S/C15H24N2OS/c1-4-8-16-12-7-9-17(14(12)18)11-15(2,3)13-6-5-10-19-13/h5-6,10,12,16H,4,7-9,11H2,1-3H3. The number of amides is 1. The SMILES string of the molecule is CCCNC1CCN(CC(C)(C)c2cccs2)C1=O. The van der Waals surface area contributed by atoms with E-state index in [0.29, 0.717) is 0 Å². The van der Waals surface area contributed by atoms with Crippen molar-refractivity contribution >= 4 is 17.2 Å². The zero-order valence-corrected chi connectivity index (χ0v) is 12.9. The molecule has 1 aliphatic heterocycles. The summed E-state index contributed by atoms with van der Waals surface area (Å²) in [6.07, 6.45) is 2.02. The summed E-state index contributed by atoms with van der Waals surface area (Å²) in [5.74, 6) is 0.276. The van der Waals surface area contributed by atoms with Crippen LogP contribution in [0.5, 0.6) is 0 Å². The number of rotatable bonds is 6. The predicted molar refractivity (Wildman–Crippen MR) is 80.6 cm³/mol. The first-order valence-electron chi connectivity index (χ1n) is 7.11. The van der Waals surface area contributed by atoms with Gasteiger partial charge in [0.25, 0.3) is 0 Å². The summed E-state index contributed by atoms with van der Waals surface area (Å²) in [6.45, 7) is 9.20.